The van der Waals surface area contributed by atoms with Crippen LogP contribution in [0.15, 0.2) is 82.1 Å². The standard InChI is InChI=1S/C23H20N2O5S/c26-31(27,17-11-12-20-21(15-17)29-14-6-13-28-20)25-22(16-7-2-1-3-8-16)23-24-18-9-4-5-10-19(18)30-23/h1-5,7-12,15,22,25H,6,13-14H2/t22-/m1/s1. The summed E-state index contributed by atoms with van der Waals surface area (Å²) in [4.78, 5) is 4.59. The molecule has 0 spiro atoms. The van der Waals surface area contributed by atoms with Gasteiger partial charge in [-0.3, -0.25) is 0 Å². The fraction of sp³-hybridized carbons (Fsp3) is 0.174. The molecular formula is C23H20N2O5S. The van der Waals surface area contributed by atoms with E-state index in [4.69, 9.17) is 13.9 Å². The molecule has 1 atom stereocenters. The van der Waals surface area contributed by atoms with Gasteiger partial charge in [-0.1, -0.05) is 42.5 Å². The predicted molar refractivity (Wildman–Crippen MR) is 115 cm³/mol. The molecule has 3 aromatic carbocycles. The van der Waals surface area contributed by atoms with Crippen LogP contribution in [-0.2, 0) is 10.0 Å². The van der Waals surface area contributed by atoms with Crippen molar-refractivity contribution in [3.8, 4) is 11.5 Å². The fourth-order valence-electron chi connectivity index (χ4n) is 3.45. The van der Waals surface area contributed by atoms with E-state index in [-0.39, 0.29) is 10.8 Å². The number of rotatable bonds is 5. The third kappa shape index (κ3) is 3.99. The first kappa shape index (κ1) is 19.6. The number of ether oxygens (including phenoxy) is 2. The van der Waals surface area contributed by atoms with Crippen LogP contribution in [0, 0.1) is 0 Å². The number of para-hydroxylation sites is 2. The summed E-state index contributed by atoms with van der Waals surface area (Å²) in [6, 6.07) is 20.3. The summed E-state index contributed by atoms with van der Waals surface area (Å²) < 4.78 is 46.5. The van der Waals surface area contributed by atoms with Crippen LogP contribution in [0.5, 0.6) is 11.5 Å². The van der Waals surface area contributed by atoms with Crippen LogP contribution in [-0.4, -0.2) is 26.6 Å². The first-order chi connectivity index (χ1) is 15.1. The van der Waals surface area contributed by atoms with Gasteiger partial charge in [0.1, 0.15) is 11.6 Å². The van der Waals surface area contributed by atoms with Gasteiger partial charge in [0.15, 0.2) is 17.1 Å². The molecule has 8 heteroatoms. The Morgan fingerprint density at radius 3 is 2.42 bits per heavy atom. The molecule has 0 amide bonds. The minimum Gasteiger partial charge on any atom is -0.490 e. The fourth-order valence-corrected chi connectivity index (χ4v) is 4.65. The number of nitrogens with zero attached hydrogens (tertiary/aromatic N) is 1. The minimum atomic E-state index is -3.92. The molecule has 2 heterocycles. The lowest BCUT2D eigenvalue weighted by Crippen LogP contribution is -2.29. The zero-order valence-electron chi connectivity index (χ0n) is 16.5. The number of hydrogen-bond donors (Lipinski definition) is 1. The second kappa shape index (κ2) is 8.05. The molecular weight excluding hydrogens is 416 g/mol. The molecule has 0 radical (unpaired) electrons. The highest BCUT2D eigenvalue weighted by molar-refractivity contribution is 7.89. The largest absolute Gasteiger partial charge is 0.490 e. The molecule has 1 aromatic heterocycles. The normalized spacial score (nSPS) is 14.8. The van der Waals surface area contributed by atoms with Crippen LogP contribution in [0.2, 0.25) is 0 Å². The van der Waals surface area contributed by atoms with E-state index in [9.17, 15) is 8.42 Å². The van der Waals surface area contributed by atoms with Gasteiger partial charge in [-0.25, -0.2) is 13.4 Å². The summed E-state index contributed by atoms with van der Waals surface area (Å²) in [5.41, 5.74) is 1.97. The maximum absolute atomic E-state index is 13.3. The Morgan fingerprint density at radius 1 is 0.871 bits per heavy atom. The SMILES string of the molecule is O=S(=O)(N[C@H](c1ccccc1)c1nc2ccccc2o1)c1ccc2c(c1)OCCCO2. The maximum atomic E-state index is 13.3. The van der Waals surface area contributed by atoms with Crippen LogP contribution in [0.25, 0.3) is 11.1 Å². The van der Waals surface area contributed by atoms with Crippen molar-refractivity contribution in [3.05, 3.63) is 84.3 Å². The lowest BCUT2D eigenvalue weighted by molar-refractivity contribution is 0.297. The zero-order valence-corrected chi connectivity index (χ0v) is 17.3. The molecule has 1 N–H and O–H groups in total. The molecule has 0 bridgehead atoms. The Bertz CT molecular complexity index is 1290. The topological polar surface area (TPSA) is 90.7 Å². The monoisotopic (exact) mass is 436 g/mol. The number of hydrogen-bond acceptors (Lipinski definition) is 6. The average molecular weight is 436 g/mol. The van der Waals surface area contributed by atoms with Crippen molar-refractivity contribution in [3.63, 3.8) is 0 Å². The lowest BCUT2D eigenvalue weighted by Gasteiger charge is -2.17. The number of aromatic nitrogens is 1. The Kier molecular flexibility index (Phi) is 5.09. The maximum Gasteiger partial charge on any atom is 0.241 e. The van der Waals surface area contributed by atoms with Gasteiger partial charge < -0.3 is 13.9 Å². The Hall–Kier alpha value is -3.36. The van der Waals surface area contributed by atoms with E-state index in [1.807, 2.05) is 48.5 Å². The second-order valence-corrected chi connectivity index (χ2v) is 8.86. The molecule has 31 heavy (non-hydrogen) atoms. The van der Waals surface area contributed by atoms with Crippen molar-refractivity contribution in [2.75, 3.05) is 13.2 Å². The third-order valence-corrected chi connectivity index (χ3v) is 6.41. The molecule has 4 aromatic rings. The number of nitrogens with one attached hydrogen (secondary N) is 1. The van der Waals surface area contributed by atoms with Gasteiger partial charge in [0.05, 0.1) is 18.1 Å². The van der Waals surface area contributed by atoms with Crippen molar-refractivity contribution in [2.45, 2.75) is 17.4 Å². The molecule has 5 rings (SSSR count). The van der Waals surface area contributed by atoms with Crippen LogP contribution in [0.1, 0.15) is 23.9 Å². The highest BCUT2D eigenvalue weighted by Gasteiger charge is 2.28. The second-order valence-electron chi connectivity index (χ2n) is 7.14. The van der Waals surface area contributed by atoms with E-state index in [2.05, 4.69) is 9.71 Å². The molecule has 158 valence electrons. The van der Waals surface area contributed by atoms with Gasteiger partial charge in [0.25, 0.3) is 0 Å². The molecule has 0 saturated heterocycles. The van der Waals surface area contributed by atoms with E-state index < -0.39 is 16.1 Å². The van der Waals surface area contributed by atoms with Crippen molar-refractivity contribution in [1.82, 2.24) is 9.71 Å². The Labute approximate surface area is 179 Å². The quantitative estimate of drug-likeness (QED) is 0.507. The summed E-state index contributed by atoms with van der Waals surface area (Å²) in [7, 11) is -3.92. The number of sulfonamides is 1. The first-order valence-electron chi connectivity index (χ1n) is 9.92. The molecule has 0 fully saturated rings. The van der Waals surface area contributed by atoms with Gasteiger partial charge in [0, 0.05) is 12.5 Å². The Morgan fingerprint density at radius 2 is 1.61 bits per heavy atom. The summed E-state index contributed by atoms with van der Waals surface area (Å²) in [5.74, 6) is 1.22. The third-order valence-electron chi connectivity index (χ3n) is 4.99. The van der Waals surface area contributed by atoms with E-state index >= 15 is 0 Å². The van der Waals surface area contributed by atoms with Crippen LogP contribution in [0.4, 0.5) is 0 Å². The summed E-state index contributed by atoms with van der Waals surface area (Å²) in [6.45, 7) is 1.00. The van der Waals surface area contributed by atoms with E-state index in [0.29, 0.717) is 41.4 Å². The van der Waals surface area contributed by atoms with Crippen molar-refractivity contribution in [1.29, 1.82) is 0 Å². The van der Waals surface area contributed by atoms with Crippen LogP contribution in [0.3, 0.4) is 0 Å². The zero-order chi connectivity index (χ0) is 21.3. The van der Waals surface area contributed by atoms with Crippen LogP contribution >= 0.6 is 0 Å². The lowest BCUT2D eigenvalue weighted by atomic mass is 10.1. The summed E-state index contributed by atoms with van der Waals surface area (Å²) >= 11 is 0. The van der Waals surface area contributed by atoms with Gasteiger partial charge in [-0.2, -0.15) is 4.72 Å². The van der Waals surface area contributed by atoms with Gasteiger partial charge >= 0.3 is 0 Å². The Balaban J connectivity index is 1.54. The van der Waals surface area contributed by atoms with Crippen molar-refractivity contribution in [2.24, 2.45) is 0 Å². The minimum absolute atomic E-state index is 0.0776. The van der Waals surface area contributed by atoms with Crippen molar-refractivity contribution >= 4 is 21.1 Å². The highest BCUT2D eigenvalue weighted by atomic mass is 32.2. The van der Waals surface area contributed by atoms with Crippen LogP contribution < -0.4 is 14.2 Å². The van der Waals surface area contributed by atoms with E-state index in [0.717, 1.165) is 6.42 Å². The molecule has 1 aliphatic rings. The summed E-state index contributed by atoms with van der Waals surface area (Å²) in [5, 5.41) is 0. The van der Waals surface area contributed by atoms with Crippen molar-refractivity contribution < 1.29 is 22.3 Å². The van der Waals surface area contributed by atoms with E-state index in [1.54, 1.807) is 12.1 Å². The molecule has 1 aliphatic heterocycles. The first-order valence-corrected chi connectivity index (χ1v) is 11.4. The van der Waals surface area contributed by atoms with E-state index in [1.165, 1.54) is 12.1 Å². The molecule has 0 saturated carbocycles. The average Bonchev–Trinajstić information content (AvgIpc) is 3.08. The number of oxazole rings is 1. The molecule has 7 nitrogen and oxygen atoms in total. The van der Waals surface area contributed by atoms with Gasteiger partial charge in [-0.05, 0) is 29.8 Å². The smallest absolute Gasteiger partial charge is 0.241 e. The molecule has 0 unspecified atom stereocenters. The number of fused-ring (bicyclic) bond motifs is 2. The van der Waals surface area contributed by atoms with Gasteiger partial charge in [-0.15, -0.1) is 0 Å². The van der Waals surface area contributed by atoms with Gasteiger partial charge in [0.2, 0.25) is 15.9 Å². The summed E-state index contributed by atoms with van der Waals surface area (Å²) in [6.07, 6.45) is 0.739. The molecule has 0 aliphatic carbocycles. The predicted octanol–water partition coefficient (Wildman–Crippen LogP) is 4.06. The highest BCUT2D eigenvalue weighted by Crippen LogP contribution is 2.33. The number of benzene rings is 3.